The molecule has 0 unspecified atom stereocenters. The van der Waals surface area contributed by atoms with E-state index < -0.39 is 0 Å². The van der Waals surface area contributed by atoms with Gasteiger partial charge in [0.2, 0.25) is 11.8 Å². The van der Waals surface area contributed by atoms with Crippen molar-refractivity contribution in [2.75, 3.05) is 18.4 Å². The lowest BCUT2D eigenvalue weighted by Crippen LogP contribution is -2.46. The average Bonchev–Trinajstić information content (AvgIpc) is 3.20. The summed E-state index contributed by atoms with van der Waals surface area (Å²) in [6, 6.07) is 2.09. The number of hydrogen-bond donors (Lipinski definition) is 1. The number of nitrogens with zero attached hydrogens (tertiary/aromatic N) is 5. The van der Waals surface area contributed by atoms with Gasteiger partial charge in [-0.05, 0) is 19.4 Å². The van der Waals surface area contributed by atoms with Crippen LogP contribution in [0.4, 0.5) is 5.88 Å². The van der Waals surface area contributed by atoms with Gasteiger partial charge in [0.1, 0.15) is 12.7 Å². The smallest absolute Gasteiger partial charge is 0.240 e. The van der Waals surface area contributed by atoms with Crippen molar-refractivity contribution in [3.8, 4) is 0 Å². The van der Waals surface area contributed by atoms with Crippen LogP contribution in [0.25, 0.3) is 0 Å². The minimum absolute atomic E-state index is 0.0814. The molecule has 8 nitrogen and oxygen atoms in total. The first-order chi connectivity index (χ1) is 11.9. The molecule has 2 aromatic rings. The van der Waals surface area contributed by atoms with Crippen molar-refractivity contribution >= 4 is 11.8 Å². The molecule has 1 amide bonds. The number of carbonyl (C=O) groups is 1. The van der Waals surface area contributed by atoms with Crippen LogP contribution in [0, 0.1) is 0 Å². The summed E-state index contributed by atoms with van der Waals surface area (Å²) in [7, 11) is 0. The summed E-state index contributed by atoms with van der Waals surface area (Å²) in [6.07, 6.45) is 6.60. The molecule has 0 radical (unpaired) electrons. The standard InChI is InChI=1S/C17H26N6O2/c1-17(2,3)14-8-16(25-21-14)20-15(24)10-22-7-5-4-6-13(22)9-23-12-18-11-19-23/h8,11-13H,4-7,9-10H2,1-3H3,(H,20,24)/t13-/m1/s1. The highest BCUT2D eigenvalue weighted by Crippen LogP contribution is 2.24. The van der Waals surface area contributed by atoms with E-state index >= 15 is 0 Å². The molecule has 136 valence electrons. The highest BCUT2D eigenvalue weighted by Gasteiger charge is 2.26. The Kier molecular flexibility index (Phi) is 5.17. The van der Waals surface area contributed by atoms with Crippen molar-refractivity contribution < 1.29 is 9.32 Å². The van der Waals surface area contributed by atoms with Gasteiger partial charge in [-0.3, -0.25) is 19.7 Å². The molecule has 3 heterocycles. The van der Waals surface area contributed by atoms with Crippen molar-refractivity contribution in [1.82, 2.24) is 24.8 Å². The normalized spacial score (nSPS) is 19.1. The summed E-state index contributed by atoms with van der Waals surface area (Å²) in [5.41, 5.74) is 0.715. The summed E-state index contributed by atoms with van der Waals surface area (Å²) in [5.74, 6) is 0.321. The Morgan fingerprint density at radius 2 is 2.24 bits per heavy atom. The fourth-order valence-electron chi connectivity index (χ4n) is 3.07. The molecule has 0 saturated carbocycles. The lowest BCUT2D eigenvalue weighted by molar-refractivity contribution is -0.118. The number of rotatable bonds is 5. The number of likely N-dealkylation sites (tertiary alicyclic amines) is 1. The van der Waals surface area contributed by atoms with E-state index in [0.29, 0.717) is 18.5 Å². The SMILES string of the molecule is CC(C)(C)c1cc(NC(=O)CN2CCCC[C@@H]2Cn2cncn2)on1. The quantitative estimate of drug-likeness (QED) is 0.891. The first-order valence-corrected chi connectivity index (χ1v) is 8.75. The largest absolute Gasteiger partial charge is 0.338 e. The third-order valence-corrected chi connectivity index (χ3v) is 4.50. The Hall–Kier alpha value is -2.22. The fourth-order valence-corrected chi connectivity index (χ4v) is 3.07. The third kappa shape index (κ3) is 4.66. The van der Waals surface area contributed by atoms with Gasteiger partial charge in [-0.15, -0.1) is 0 Å². The van der Waals surface area contributed by atoms with Gasteiger partial charge in [0.25, 0.3) is 0 Å². The maximum Gasteiger partial charge on any atom is 0.240 e. The molecule has 1 N–H and O–H groups in total. The van der Waals surface area contributed by atoms with Crippen molar-refractivity contribution in [3.05, 3.63) is 24.4 Å². The summed E-state index contributed by atoms with van der Waals surface area (Å²) in [4.78, 5) is 18.6. The van der Waals surface area contributed by atoms with Crippen molar-refractivity contribution in [2.24, 2.45) is 0 Å². The molecule has 3 rings (SSSR count). The van der Waals surface area contributed by atoms with E-state index in [2.05, 4.69) is 46.2 Å². The van der Waals surface area contributed by atoms with Gasteiger partial charge in [0, 0.05) is 17.5 Å². The van der Waals surface area contributed by atoms with Crippen LogP contribution >= 0.6 is 0 Å². The molecule has 1 aliphatic rings. The van der Waals surface area contributed by atoms with Gasteiger partial charge >= 0.3 is 0 Å². The number of amides is 1. The fraction of sp³-hybridized carbons (Fsp3) is 0.647. The summed E-state index contributed by atoms with van der Waals surface area (Å²) < 4.78 is 7.07. The van der Waals surface area contributed by atoms with Crippen LogP contribution in [0.3, 0.4) is 0 Å². The van der Waals surface area contributed by atoms with E-state index in [4.69, 9.17) is 4.52 Å². The average molecular weight is 346 g/mol. The highest BCUT2D eigenvalue weighted by atomic mass is 16.5. The van der Waals surface area contributed by atoms with E-state index in [1.807, 2.05) is 4.68 Å². The van der Waals surface area contributed by atoms with Gasteiger partial charge < -0.3 is 4.52 Å². The zero-order chi connectivity index (χ0) is 17.9. The molecule has 0 spiro atoms. The van der Waals surface area contributed by atoms with Crippen molar-refractivity contribution in [2.45, 2.75) is 58.0 Å². The van der Waals surface area contributed by atoms with Crippen molar-refractivity contribution in [3.63, 3.8) is 0 Å². The van der Waals surface area contributed by atoms with E-state index in [0.717, 1.165) is 31.6 Å². The molecule has 0 aromatic carbocycles. The van der Waals surface area contributed by atoms with Crippen LogP contribution in [0.1, 0.15) is 45.7 Å². The molecule has 0 bridgehead atoms. The molecule has 8 heteroatoms. The Morgan fingerprint density at radius 3 is 2.92 bits per heavy atom. The summed E-state index contributed by atoms with van der Waals surface area (Å²) in [5, 5.41) is 11.0. The Labute approximate surface area is 147 Å². The Bertz CT molecular complexity index is 688. The monoisotopic (exact) mass is 346 g/mol. The number of nitrogens with one attached hydrogen (secondary N) is 1. The van der Waals surface area contributed by atoms with Gasteiger partial charge in [0.05, 0.1) is 18.8 Å². The minimum atomic E-state index is -0.109. The lowest BCUT2D eigenvalue weighted by Gasteiger charge is -2.34. The van der Waals surface area contributed by atoms with E-state index in [1.165, 1.54) is 12.7 Å². The predicted octanol–water partition coefficient (Wildman–Crippen LogP) is 2.06. The zero-order valence-corrected chi connectivity index (χ0v) is 15.1. The molecular formula is C17H26N6O2. The van der Waals surface area contributed by atoms with Gasteiger partial charge in [-0.25, -0.2) is 4.98 Å². The number of aromatic nitrogens is 4. The molecule has 2 aromatic heterocycles. The second-order valence-corrected chi connectivity index (χ2v) is 7.61. The predicted molar refractivity (Wildman–Crippen MR) is 93.1 cm³/mol. The lowest BCUT2D eigenvalue weighted by atomic mass is 9.92. The zero-order valence-electron chi connectivity index (χ0n) is 15.1. The highest BCUT2D eigenvalue weighted by molar-refractivity contribution is 5.91. The molecule has 1 fully saturated rings. The third-order valence-electron chi connectivity index (χ3n) is 4.50. The summed E-state index contributed by atoms with van der Waals surface area (Å²) in [6.45, 7) is 8.17. The molecule has 1 aliphatic heterocycles. The van der Waals surface area contributed by atoms with Crippen LogP contribution in [-0.2, 0) is 16.8 Å². The van der Waals surface area contributed by atoms with Crippen LogP contribution in [0.5, 0.6) is 0 Å². The minimum Gasteiger partial charge on any atom is -0.338 e. The molecule has 1 saturated heterocycles. The maximum absolute atomic E-state index is 12.4. The molecule has 0 aliphatic carbocycles. The van der Waals surface area contributed by atoms with Gasteiger partial charge in [-0.1, -0.05) is 32.3 Å². The number of hydrogen-bond acceptors (Lipinski definition) is 6. The van der Waals surface area contributed by atoms with E-state index in [-0.39, 0.29) is 11.3 Å². The second-order valence-electron chi connectivity index (χ2n) is 7.61. The van der Waals surface area contributed by atoms with Crippen LogP contribution < -0.4 is 5.32 Å². The Morgan fingerprint density at radius 1 is 1.40 bits per heavy atom. The number of anilines is 1. The van der Waals surface area contributed by atoms with E-state index in [1.54, 1.807) is 12.4 Å². The number of piperidine rings is 1. The second kappa shape index (κ2) is 7.35. The first kappa shape index (κ1) is 17.6. The maximum atomic E-state index is 12.4. The molecule has 1 atom stereocenters. The topological polar surface area (TPSA) is 89.1 Å². The number of carbonyl (C=O) groups excluding carboxylic acids is 1. The van der Waals surface area contributed by atoms with Crippen LogP contribution in [0.15, 0.2) is 23.2 Å². The molecule has 25 heavy (non-hydrogen) atoms. The van der Waals surface area contributed by atoms with E-state index in [9.17, 15) is 4.79 Å². The van der Waals surface area contributed by atoms with Crippen LogP contribution in [0.2, 0.25) is 0 Å². The first-order valence-electron chi connectivity index (χ1n) is 8.75. The summed E-state index contributed by atoms with van der Waals surface area (Å²) >= 11 is 0. The van der Waals surface area contributed by atoms with Gasteiger partial charge in [-0.2, -0.15) is 5.10 Å². The Balaban J connectivity index is 1.57. The van der Waals surface area contributed by atoms with Crippen molar-refractivity contribution in [1.29, 1.82) is 0 Å². The molecular weight excluding hydrogens is 320 g/mol. The van der Waals surface area contributed by atoms with Gasteiger partial charge in [0.15, 0.2) is 0 Å². The van der Waals surface area contributed by atoms with Crippen LogP contribution in [-0.4, -0.2) is 49.9 Å².